The number of nitrogen functional groups attached to an aromatic ring is 1. The summed E-state index contributed by atoms with van der Waals surface area (Å²) < 4.78 is 26.9. The van der Waals surface area contributed by atoms with E-state index in [9.17, 15) is 8.42 Å². The van der Waals surface area contributed by atoms with Crippen molar-refractivity contribution in [2.24, 2.45) is 0 Å². The van der Waals surface area contributed by atoms with Gasteiger partial charge in [0.15, 0.2) is 0 Å². The quantitative estimate of drug-likeness (QED) is 0.828. The molecule has 1 aromatic carbocycles. The Morgan fingerprint density at radius 1 is 1.40 bits per heavy atom. The molecule has 3 N–H and O–H groups in total. The van der Waals surface area contributed by atoms with E-state index in [2.05, 4.69) is 9.71 Å². The van der Waals surface area contributed by atoms with Gasteiger partial charge in [-0.15, -0.1) is 11.3 Å². The van der Waals surface area contributed by atoms with Crippen LogP contribution in [0, 0.1) is 6.92 Å². The van der Waals surface area contributed by atoms with Crippen molar-refractivity contribution in [3.63, 3.8) is 0 Å². The van der Waals surface area contributed by atoms with Crippen LogP contribution < -0.4 is 10.5 Å². The Bertz CT molecular complexity index is 708. The van der Waals surface area contributed by atoms with Crippen molar-refractivity contribution >= 4 is 27.0 Å². The summed E-state index contributed by atoms with van der Waals surface area (Å²) in [5.74, 6) is 0. The van der Waals surface area contributed by atoms with Crippen LogP contribution in [0.3, 0.4) is 0 Å². The molecule has 0 saturated carbocycles. The summed E-state index contributed by atoms with van der Waals surface area (Å²) in [4.78, 5) is 5.36. The second-order valence-corrected chi connectivity index (χ2v) is 7.49. The predicted octanol–water partition coefficient (Wildman–Crippen LogP) is 2.07. The largest absolute Gasteiger partial charge is 0.398 e. The zero-order chi connectivity index (χ0) is 14.8. The van der Waals surface area contributed by atoms with Gasteiger partial charge in [0.2, 0.25) is 10.0 Å². The van der Waals surface area contributed by atoms with Crippen molar-refractivity contribution in [3.05, 3.63) is 39.8 Å². The molecule has 0 fully saturated rings. The molecule has 1 heterocycles. The summed E-state index contributed by atoms with van der Waals surface area (Å²) in [7, 11) is -3.56. The molecule has 0 unspecified atom stereocenters. The van der Waals surface area contributed by atoms with Gasteiger partial charge in [-0.1, -0.05) is 13.0 Å². The highest BCUT2D eigenvalue weighted by molar-refractivity contribution is 7.89. The Morgan fingerprint density at radius 2 is 2.15 bits per heavy atom. The maximum atomic E-state index is 12.2. The number of benzene rings is 1. The molecule has 0 aliphatic carbocycles. The van der Waals surface area contributed by atoms with E-state index in [1.54, 1.807) is 18.3 Å². The van der Waals surface area contributed by atoms with E-state index in [1.165, 1.54) is 17.4 Å². The first kappa shape index (κ1) is 15.0. The molecular formula is C13H17N3O2S2. The van der Waals surface area contributed by atoms with E-state index >= 15 is 0 Å². The highest BCUT2D eigenvalue weighted by Crippen LogP contribution is 2.19. The molecule has 20 heavy (non-hydrogen) atoms. The number of nitrogens with two attached hydrogens (primary N) is 1. The van der Waals surface area contributed by atoms with Gasteiger partial charge in [-0.2, -0.15) is 0 Å². The van der Waals surface area contributed by atoms with Crippen molar-refractivity contribution in [3.8, 4) is 0 Å². The molecule has 0 saturated heterocycles. The first-order chi connectivity index (χ1) is 9.42. The third-order valence-corrected chi connectivity index (χ3v) is 5.20. The Kier molecular flexibility index (Phi) is 4.42. The van der Waals surface area contributed by atoms with Gasteiger partial charge in [0.1, 0.15) is 5.01 Å². The lowest BCUT2D eigenvalue weighted by Crippen LogP contribution is -2.23. The number of hydrogen-bond donors (Lipinski definition) is 2. The van der Waals surface area contributed by atoms with Gasteiger partial charge in [-0.05, 0) is 31.0 Å². The third-order valence-electron chi connectivity index (χ3n) is 2.89. The van der Waals surface area contributed by atoms with Crippen molar-refractivity contribution in [1.29, 1.82) is 0 Å². The van der Waals surface area contributed by atoms with E-state index < -0.39 is 10.0 Å². The average Bonchev–Trinajstić information content (AvgIpc) is 2.82. The number of thiazole rings is 1. The normalized spacial score (nSPS) is 11.7. The second kappa shape index (κ2) is 5.90. The van der Waals surface area contributed by atoms with Crippen molar-refractivity contribution in [2.45, 2.75) is 31.7 Å². The van der Waals surface area contributed by atoms with E-state index in [1.807, 2.05) is 13.8 Å². The average molecular weight is 311 g/mol. The van der Waals surface area contributed by atoms with Gasteiger partial charge < -0.3 is 5.73 Å². The SMILES string of the molecule is CCc1ccc(S(=O)(=O)NCc2ncc(C)s2)cc1N. The number of anilines is 1. The zero-order valence-corrected chi connectivity index (χ0v) is 13.0. The lowest BCUT2D eigenvalue weighted by atomic mass is 10.1. The summed E-state index contributed by atoms with van der Waals surface area (Å²) in [5, 5.41) is 0.740. The Morgan fingerprint density at radius 3 is 2.70 bits per heavy atom. The molecule has 108 valence electrons. The number of hydrogen-bond acceptors (Lipinski definition) is 5. The van der Waals surface area contributed by atoms with Crippen molar-refractivity contribution in [2.75, 3.05) is 5.73 Å². The summed E-state index contributed by atoms with van der Waals surface area (Å²) >= 11 is 1.47. The molecule has 7 heteroatoms. The fourth-order valence-electron chi connectivity index (χ4n) is 1.79. The van der Waals surface area contributed by atoms with Crippen LogP contribution in [0.5, 0.6) is 0 Å². The number of aromatic nitrogens is 1. The third kappa shape index (κ3) is 3.36. The van der Waals surface area contributed by atoms with Crippen LogP contribution in [-0.4, -0.2) is 13.4 Å². The maximum absolute atomic E-state index is 12.2. The molecule has 0 atom stereocenters. The second-order valence-electron chi connectivity index (χ2n) is 4.40. The van der Waals surface area contributed by atoms with Crippen LogP contribution in [0.1, 0.15) is 22.4 Å². The van der Waals surface area contributed by atoms with Gasteiger partial charge in [0.05, 0.1) is 11.4 Å². The van der Waals surface area contributed by atoms with Crippen LogP contribution in [-0.2, 0) is 23.0 Å². The molecule has 0 amide bonds. The number of rotatable bonds is 5. The molecule has 5 nitrogen and oxygen atoms in total. The van der Waals surface area contributed by atoms with Gasteiger partial charge in [0.25, 0.3) is 0 Å². The summed E-state index contributed by atoms with van der Waals surface area (Å²) in [6, 6.07) is 4.82. The van der Waals surface area contributed by atoms with E-state index in [4.69, 9.17) is 5.73 Å². The summed E-state index contributed by atoms with van der Waals surface area (Å²) in [6.45, 7) is 4.10. The predicted molar refractivity (Wildman–Crippen MR) is 81.1 cm³/mol. The molecule has 0 bridgehead atoms. The topological polar surface area (TPSA) is 85.1 Å². The van der Waals surface area contributed by atoms with Gasteiger partial charge in [-0.25, -0.2) is 18.1 Å². The molecular weight excluding hydrogens is 294 g/mol. The number of aryl methyl sites for hydroxylation is 2. The summed E-state index contributed by atoms with van der Waals surface area (Å²) in [5.41, 5.74) is 7.28. The Balaban J connectivity index is 2.15. The minimum absolute atomic E-state index is 0.181. The molecule has 1 aromatic heterocycles. The zero-order valence-electron chi connectivity index (χ0n) is 11.4. The van der Waals surface area contributed by atoms with Crippen molar-refractivity contribution < 1.29 is 8.42 Å². The Hall–Kier alpha value is -1.44. The lowest BCUT2D eigenvalue weighted by molar-refractivity contribution is 0.581. The number of sulfonamides is 1. The minimum Gasteiger partial charge on any atom is -0.398 e. The highest BCUT2D eigenvalue weighted by Gasteiger charge is 2.15. The molecule has 2 rings (SSSR count). The van der Waals surface area contributed by atoms with Gasteiger partial charge in [-0.3, -0.25) is 0 Å². The van der Waals surface area contributed by atoms with Crippen LogP contribution in [0.25, 0.3) is 0 Å². The first-order valence-corrected chi connectivity index (χ1v) is 8.51. The fraction of sp³-hybridized carbons (Fsp3) is 0.308. The molecule has 0 spiro atoms. The monoisotopic (exact) mass is 311 g/mol. The highest BCUT2D eigenvalue weighted by atomic mass is 32.2. The fourth-order valence-corrected chi connectivity index (χ4v) is 3.63. The maximum Gasteiger partial charge on any atom is 0.241 e. The standard InChI is InChI=1S/C13H17N3O2S2/c1-3-10-4-5-11(6-12(10)14)20(17,18)16-8-13-15-7-9(2)19-13/h4-7,16H,3,8,14H2,1-2H3. The van der Waals surface area contributed by atoms with E-state index in [0.717, 1.165) is 21.9 Å². The van der Waals surface area contributed by atoms with E-state index in [-0.39, 0.29) is 11.4 Å². The number of nitrogens with one attached hydrogen (secondary N) is 1. The molecule has 0 radical (unpaired) electrons. The van der Waals surface area contributed by atoms with Gasteiger partial charge in [0, 0.05) is 16.8 Å². The van der Waals surface area contributed by atoms with Crippen molar-refractivity contribution in [1.82, 2.24) is 9.71 Å². The van der Waals surface area contributed by atoms with Gasteiger partial charge >= 0.3 is 0 Å². The summed E-state index contributed by atoms with van der Waals surface area (Å²) in [6.07, 6.45) is 2.50. The van der Waals surface area contributed by atoms with Crippen LogP contribution >= 0.6 is 11.3 Å². The number of nitrogens with zero attached hydrogens (tertiary/aromatic N) is 1. The molecule has 0 aliphatic rings. The van der Waals surface area contributed by atoms with Crippen LogP contribution in [0.4, 0.5) is 5.69 Å². The van der Waals surface area contributed by atoms with E-state index in [0.29, 0.717) is 5.69 Å². The van der Waals surface area contributed by atoms with Crippen LogP contribution in [0.2, 0.25) is 0 Å². The molecule has 0 aliphatic heterocycles. The smallest absolute Gasteiger partial charge is 0.241 e. The minimum atomic E-state index is -3.56. The van der Waals surface area contributed by atoms with Crippen LogP contribution in [0.15, 0.2) is 29.3 Å². The first-order valence-electron chi connectivity index (χ1n) is 6.21. The Labute approximate surface area is 122 Å². The lowest BCUT2D eigenvalue weighted by Gasteiger charge is -2.08. The molecule has 2 aromatic rings.